The number of ketones is 2. The summed E-state index contributed by atoms with van der Waals surface area (Å²) in [6.45, 7) is 6.24. The number of carbonyl (C=O) groups is 2. The van der Waals surface area contributed by atoms with E-state index in [2.05, 4.69) is 11.9 Å². The maximum atomic E-state index is 12.0. The number of hydrogen-bond donors (Lipinski definition) is 0. The molecule has 0 saturated heterocycles. The second kappa shape index (κ2) is 5.56. The minimum Gasteiger partial charge on any atom is -0.298 e. The third kappa shape index (κ3) is 3.74. The Morgan fingerprint density at radius 2 is 1.58 bits per heavy atom. The fourth-order valence-corrected chi connectivity index (χ4v) is 3.17. The van der Waals surface area contributed by atoms with Crippen LogP contribution in [0.3, 0.4) is 0 Å². The second-order valence-electron chi connectivity index (χ2n) is 7.14. The van der Waals surface area contributed by atoms with Gasteiger partial charge in [0.05, 0.1) is 0 Å². The predicted molar refractivity (Wildman–Crippen MR) is 76.4 cm³/mol. The molecule has 3 nitrogen and oxygen atoms in total. The van der Waals surface area contributed by atoms with E-state index in [1.807, 2.05) is 13.8 Å². The molecule has 0 amide bonds. The van der Waals surface area contributed by atoms with E-state index in [0.717, 1.165) is 18.8 Å². The van der Waals surface area contributed by atoms with Crippen molar-refractivity contribution >= 4 is 17.8 Å². The number of carbonyl (C=O) groups excluding carboxylic acids is 2. The summed E-state index contributed by atoms with van der Waals surface area (Å²) in [6, 6.07) is 0.326. The van der Waals surface area contributed by atoms with Crippen molar-refractivity contribution in [2.45, 2.75) is 65.3 Å². The van der Waals surface area contributed by atoms with Crippen molar-refractivity contribution in [3.63, 3.8) is 0 Å². The van der Waals surface area contributed by atoms with Crippen molar-refractivity contribution < 1.29 is 9.59 Å². The monoisotopic (exact) mass is 263 g/mol. The summed E-state index contributed by atoms with van der Waals surface area (Å²) in [6.07, 6.45) is 7.26. The highest BCUT2D eigenvalue weighted by Crippen LogP contribution is 2.33. The Labute approximate surface area is 115 Å². The van der Waals surface area contributed by atoms with Crippen LogP contribution in [0.1, 0.15) is 59.3 Å². The zero-order chi connectivity index (χ0) is 14.0. The highest BCUT2D eigenvalue weighted by atomic mass is 16.2. The molecule has 0 spiro atoms. The van der Waals surface area contributed by atoms with Crippen molar-refractivity contribution in [3.8, 4) is 0 Å². The van der Waals surface area contributed by atoms with Gasteiger partial charge < -0.3 is 0 Å². The van der Waals surface area contributed by atoms with Crippen LogP contribution in [-0.2, 0) is 9.59 Å². The maximum Gasteiger partial charge on any atom is 0.149 e. The Morgan fingerprint density at radius 1 is 1.05 bits per heavy atom. The fourth-order valence-electron chi connectivity index (χ4n) is 3.17. The van der Waals surface area contributed by atoms with E-state index in [1.54, 1.807) is 6.21 Å². The van der Waals surface area contributed by atoms with E-state index in [4.69, 9.17) is 0 Å². The molecule has 2 fully saturated rings. The fraction of sp³-hybridized carbons (Fsp3) is 0.812. The molecule has 0 aliphatic heterocycles. The van der Waals surface area contributed by atoms with Crippen molar-refractivity contribution in [2.24, 2.45) is 22.2 Å². The molecule has 0 radical (unpaired) electrons. The van der Waals surface area contributed by atoms with E-state index in [0.29, 0.717) is 18.9 Å². The Balaban J connectivity index is 1.95. The maximum absolute atomic E-state index is 12.0. The van der Waals surface area contributed by atoms with Crippen molar-refractivity contribution in [2.75, 3.05) is 0 Å². The molecule has 0 aromatic carbocycles. The number of nitrogens with zero attached hydrogens (tertiary/aromatic N) is 1. The lowest BCUT2D eigenvalue weighted by molar-refractivity contribution is -0.136. The normalized spacial score (nSPS) is 33.0. The SMILES string of the molecule is CC1CCC(N=CC2C(=O)CC(C)(C)CC2=O)CC1. The molecule has 2 aliphatic carbocycles. The largest absolute Gasteiger partial charge is 0.298 e. The van der Waals surface area contributed by atoms with Gasteiger partial charge in [-0.05, 0) is 37.0 Å². The molecule has 0 aromatic rings. The van der Waals surface area contributed by atoms with Gasteiger partial charge in [0.15, 0.2) is 0 Å². The summed E-state index contributed by atoms with van der Waals surface area (Å²) < 4.78 is 0. The molecular weight excluding hydrogens is 238 g/mol. The number of aliphatic imine (C=N–C) groups is 1. The number of Topliss-reactive ketones (excluding diaryl/α,β-unsaturated/α-hetero) is 2. The van der Waals surface area contributed by atoms with E-state index < -0.39 is 5.92 Å². The molecule has 106 valence electrons. The summed E-state index contributed by atoms with van der Waals surface area (Å²) in [5, 5.41) is 0. The summed E-state index contributed by atoms with van der Waals surface area (Å²) in [5.41, 5.74) is -0.168. The number of rotatable bonds is 2. The van der Waals surface area contributed by atoms with Crippen LogP contribution in [0.25, 0.3) is 0 Å². The van der Waals surface area contributed by atoms with Crippen LogP contribution in [0.4, 0.5) is 0 Å². The Hall–Kier alpha value is -0.990. The van der Waals surface area contributed by atoms with E-state index in [9.17, 15) is 9.59 Å². The van der Waals surface area contributed by atoms with Gasteiger partial charge >= 0.3 is 0 Å². The third-order valence-corrected chi connectivity index (χ3v) is 4.43. The Kier molecular flexibility index (Phi) is 4.22. The molecule has 0 unspecified atom stereocenters. The number of hydrogen-bond acceptors (Lipinski definition) is 3. The average Bonchev–Trinajstić information content (AvgIpc) is 2.29. The first-order valence-corrected chi connectivity index (χ1v) is 7.46. The predicted octanol–water partition coefficient (Wildman–Crippen LogP) is 3.21. The van der Waals surface area contributed by atoms with E-state index in [1.165, 1.54) is 12.8 Å². The zero-order valence-corrected chi connectivity index (χ0v) is 12.3. The van der Waals surface area contributed by atoms with Crippen LogP contribution in [0.15, 0.2) is 4.99 Å². The first kappa shape index (κ1) is 14.4. The van der Waals surface area contributed by atoms with Crippen molar-refractivity contribution in [1.29, 1.82) is 0 Å². The third-order valence-electron chi connectivity index (χ3n) is 4.43. The summed E-state index contributed by atoms with van der Waals surface area (Å²) >= 11 is 0. The van der Waals surface area contributed by atoms with Crippen LogP contribution >= 0.6 is 0 Å². The summed E-state index contributed by atoms with van der Waals surface area (Å²) in [5.74, 6) is 0.334. The van der Waals surface area contributed by atoms with E-state index >= 15 is 0 Å². The van der Waals surface area contributed by atoms with Gasteiger partial charge in [-0.1, -0.05) is 20.8 Å². The topological polar surface area (TPSA) is 46.5 Å². The minimum atomic E-state index is -0.563. The van der Waals surface area contributed by atoms with Crippen LogP contribution in [0, 0.1) is 17.3 Å². The molecular formula is C16H25NO2. The molecule has 2 rings (SSSR count). The molecule has 2 aliphatic rings. The van der Waals surface area contributed by atoms with Crippen LogP contribution in [0.5, 0.6) is 0 Å². The molecule has 3 heteroatoms. The molecule has 0 atom stereocenters. The summed E-state index contributed by atoms with van der Waals surface area (Å²) in [4.78, 5) is 28.6. The summed E-state index contributed by atoms with van der Waals surface area (Å²) in [7, 11) is 0. The zero-order valence-electron chi connectivity index (χ0n) is 12.3. The molecule has 0 aromatic heterocycles. The molecule has 19 heavy (non-hydrogen) atoms. The molecule has 0 N–H and O–H groups in total. The van der Waals surface area contributed by atoms with Crippen LogP contribution in [0.2, 0.25) is 0 Å². The quantitative estimate of drug-likeness (QED) is 0.567. The van der Waals surface area contributed by atoms with Gasteiger partial charge in [-0.15, -0.1) is 0 Å². The highest BCUT2D eigenvalue weighted by Gasteiger charge is 2.38. The Bertz CT molecular complexity index is 370. The van der Waals surface area contributed by atoms with E-state index in [-0.39, 0.29) is 17.0 Å². The highest BCUT2D eigenvalue weighted by molar-refractivity contribution is 6.16. The average molecular weight is 263 g/mol. The lowest BCUT2D eigenvalue weighted by Crippen LogP contribution is -2.38. The van der Waals surface area contributed by atoms with Gasteiger partial charge in [0.2, 0.25) is 0 Å². The molecule has 0 bridgehead atoms. The van der Waals surface area contributed by atoms with Gasteiger partial charge in [0.1, 0.15) is 17.5 Å². The van der Waals surface area contributed by atoms with Crippen molar-refractivity contribution in [1.82, 2.24) is 0 Å². The second-order valence-corrected chi connectivity index (χ2v) is 7.14. The Morgan fingerprint density at radius 3 is 2.11 bits per heavy atom. The molecule has 2 saturated carbocycles. The smallest absolute Gasteiger partial charge is 0.149 e. The standard InChI is InChI=1S/C16H25NO2/c1-11-4-6-12(7-5-11)17-10-13-14(18)8-16(2,3)9-15(13)19/h10-13H,4-9H2,1-3H3. The van der Waals surface area contributed by atoms with Gasteiger partial charge in [-0.3, -0.25) is 14.6 Å². The first-order chi connectivity index (χ1) is 8.87. The van der Waals surface area contributed by atoms with Crippen molar-refractivity contribution in [3.05, 3.63) is 0 Å². The van der Waals surface area contributed by atoms with Crippen LogP contribution < -0.4 is 0 Å². The van der Waals surface area contributed by atoms with Gasteiger partial charge in [0.25, 0.3) is 0 Å². The van der Waals surface area contributed by atoms with Crippen LogP contribution in [-0.4, -0.2) is 23.8 Å². The van der Waals surface area contributed by atoms with Gasteiger partial charge in [-0.25, -0.2) is 0 Å². The molecule has 0 heterocycles. The minimum absolute atomic E-state index is 0.0502. The lowest BCUT2D eigenvalue weighted by atomic mass is 9.72. The first-order valence-electron chi connectivity index (χ1n) is 7.46. The van der Waals surface area contributed by atoms with Gasteiger partial charge in [0, 0.05) is 25.1 Å². The lowest BCUT2D eigenvalue weighted by Gasteiger charge is -2.30. The van der Waals surface area contributed by atoms with Gasteiger partial charge in [-0.2, -0.15) is 0 Å².